The average molecular weight is 370 g/mol. The Morgan fingerprint density at radius 2 is 1.77 bits per heavy atom. The lowest BCUT2D eigenvalue weighted by Gasteiger charge is -2.08. The van der Waals surface area contributed by atoms with Gasteiger partial charge in [0.1, 0.15) is 5.03 Å². The number of carbonyl (C=O) groups excluding carboxylic acids is 2. The molecule has 2 aromatic heterocycles. The number of aromatic amines is 1. The fourth-order valence-corrected chi connectivity index (χ4v) is 3.14. The summed E-state index contributed by atoms with van der Waals surface area (Å²) in [4.78, 5) is 33.0. The van der Waals surface area contributed by atoms with Crippen LogP contribution in [-0.4, -0.2) is 37.9 Å². The summed E-state index contributed by atoms with van der Waals surface area (Å²) in [6.07, 6.45) is 0. The minimum Gasteiger partial charge on any atom is -0.304 e. The molecule has 0 aliphatic rings. The molecule has 134 valence electrons. The average Bonchev–Trinajstić information content (AvgIpc) is 2.91. The molecule has 1 aromatic carbocycles. The first-order valence-corrected chi connectivity index (χ1v) is 8.91. The predicted octanol–water partition coefficient (Wildman–Crippen LogP) is 2.72. The summed E-state index contributed by atoms with van der Waals surface area (Å²) in [6.45, 7) is 5.39. The van der Waals surface area contributed by atoms with Crippen molar-refractivity contribution in [2.75, 3.05) is 11.1 Å². The number of urea groups is 1. The van der Waals surface area contributed by atoms with Crippen molar-refractivity contribution in [1.29, 1.82) is 0 Å². The third kappa shape index (κ3) is 3.99. The van der Waals surface area contributed by atoms with Crippen molar-refractivity contribution in [3.05, 3.63) is 41.3 Å². The zero-order chi connectivity index (χ0) is 18.7. The van der Waals surface area contributed by atoms with Crippen LogP contribution >= 0.6 is 11.8 Å². The maximum absolute atomic E-state index is 12.0. The van der Waals surface area contributed by atoms with Crippen LogP contribution in [0.15, 0.2) is 29.3 Å². The van der Waals surface area contributed by atoms with E-state index in [1.165, 1.54) is 11.8 Å². The quantitative estimate of drug-likeness (QED) is 0.609. The Balaban J connectivity index is 1.59. The zero-order valence-corrected chi connectivity index (χ0v) is 15.4. The number of hydrogen-bond acceptors (Lipinski definition) is 6. The molecule has 0 fully saturated rings. The van der Waals surface area contributed by atoms with Gasteiger partial charge in [0.05, 0.1) is 39.6 Å². The number of para-hydroxylation sites is 2. The Labute approximate surface area is 154 Å². The standard InChI is InChI=1S/C17H18N6O2S/c1-9-15(10(2)23-22-9)21-17(25)20-14(24)8-26-16-11(3)18-12-6-4-5-7-13(12)19-16/h4-7H,8H2,1-3H3,(H,22,23)(H2,20,21,24,25). The predicted molar refractivity (Wildman–Crippen MR) is 100 cm³/mol. The van der Waals surface area contributed by atoms with Crippen LogP contribution in [0.25, 0.3) is 11.0 Å². The van der Waals surface area contributed by atoms with Crippen molar-refractivity contribution in [2.45, 2.75) is 25.8 Å². The fourth-order valence-electron chi connectivity index (χ4n) is 2.39. The lowest BCUT2D eigenvalue weighted by molar-refractivity contribution is -0.117. The molecule has 0 aliphatic heterocycles. The van der Waals surface area contributed by atoms with Crippen LogP contribution in [0.1, 0.15) is 17.1 Å². The summed E-state index contributed by atoms with van der Waals surface area (Å²) in [7, 11) is 0. The molecular formula is C17H18N6O2S. The second kappa shape index (κ2) is 7.52. The molecule has 0 saturated carbocycles. The van der Waals surface area contributed by atoms with Gasteiger partial charge in [0.15, 0.2) is 0 Å². The van der Waals surface area contributed by atoms with Crippen LogP contribution in [0.5, 0.6) is 0 Å². The SMILES string of the molecule is Cc1nc2ccccc2nc1SCC(=O)NC(=O)Nc1c(C)n[nH]c1C. The summed E-state index contributed by atoms with van der Waals surface area (Å²) in [5.41, 5.74) is 4.27. The van der Waals surface area contributed by atoms with E-state index in [4.69, 9.17) is 0 Å². The number of amides is 3. The fraction of sp³-hybridized carbons (Fsp3) is 0.235. The van der Waals surface area contributed by atoms with E-state index in [9.17, 15) is 9.59 Å². The number of fused-ring (bicyclic) bond motifs is 1. The largest absolute Gasteiger partial charge is 0.326 e. The number of aromatic nitrogens is 4. The van der Waals surface area contributed by atoms with Crippen molar-refractivity contribution in [3.63, 3.8) is 0 Å². The Morgan fingerprint density at radius 1 is 1.08 bits per heavy atom. The molecule has 0 unspecified atom stereocenters. The molecular weight excluding hydrogens is 352 g/mol. The number of thioether (sulfide) groups is 1. The normalized spacial score (nSPS) is 10.7. The third-order valence-corrected chi connectivity index (χ3v) is 4.73. The monoisotopic (exact) mass is 370 g/mol. The number of rotatable bonds is 4. The van der Waals surface area contributed by atoms with Crippen LogP contribution in [0, 0.1) is 20.8 Å². The third-order valence-electron chi connectivity index (χ3n) is 3.66. The molecule has 0 radical (unpaired) electrons. The van der Waals surface area contributed by atoms with Gasteiger partial charge in [0, 0.05) is 0 Å². The summed E-state index contributed by atoms with van der Waals surface area (Å²) < 4.78 is 0. The van der Waals surface area contributed by atoms with Crippen LogP contribution in [0.4, 0.5) is 10.5 Å². The van der Waals surface area contributed by atoms with Crippen molar-refractivity contribution in [3.8, 4) is 0 Å². The van der Waals surface area contributed by atoms with Gasteiger partial charge in [-0.15, -0.1) is 0 Å². The molecule has 0 bridgehead atoms. The maximum Gasteiger partial charge on any atom is 0.326 e. The van der Waals surface area contributed by atoms with Gasteiger partial charge in [0.25, 0.3) is 0 Å². The molecule has 3 amide bonds. The lowest BCUT2D eigenvalue weighted by Crippen LogP contribution is -2.35. The number of nitrogens with one attached hydrogen (secondary N) is 3. The van der Waals surface area contributed by atoms with E-state index in [1.54, 1.807) is 13.8 Å². The molecule has 8 nitrogen and oxygen atoms in total. The topological polar surface area (TPSA) is 113 Å². The molecule has 9 heteroatoms. The van der Waals surface area contributed by atoms with Gasteiger partial charge in [-0.2, -0.15) is 5.10 Å². The maximum atomic E-state index is 12.0. The molecule has 0 aliphatic carbocycles. The van der Waals surface area contributed by atoms with Gasteiger partial charge in [0.2, 0.25) is 5.91 Å². The summed E-state index contributed by atoms with van der Waals surface area (Å²) in [6, 6.07) is 6.95. The van der Waals surface area contributed by atoms with Crippen LogP contribution in [-0.2, 0) is 4.79 Å². The molecule has 3 aromatic rings. The van der Waals surface area contributed by atoms with Gasteiger partial charge in [-0.05, 0) is 32.9 Å². The van der Waals surface area contributed by atoms with Gasteiger partial charge < -0.3 is 5.32 Å². The van der Waals surface area contributed by atoms with E-state index in [2.05, 4.69) is 30.8 Å². The second-order valence-corrected chi connectivity index (χ2v) is 6.67. The summed E-state index contributed by atoms with van der Waals surface area (Å²) in [5, 5.41) is 12.3. The van der Waals surface area contributed by atoms with Gasteiger partial charge in [-0.25, -0.2) is 14.8 Å². The highest BCUT2D eigenvalue weighted by molar-refractivity contribution is 7.99. The number of hydrogen-bond donors (Lipinski definition) is 3. The van der Waals surface area contributed by atoms with E-state index in [0.717, 1.165) is 22.4 Å². The van der Waals surface area contributed by atoms with Crippen molar-refractivity contribution in [1.82, 2.24) is 25.5 Å². The van der Waals surface area contributed by atoms with Gasteiger partial charge in [-0.1, -0.05) is 23.9 Å². The van der Waals surface area contributed by atoms with Crippen molar-refractivity contribution in [2.24, 2.45) is 0 Å². The van der Waals surface area contributed by atoms with E-state index in [0.29, 0.717) is 16.4 Å². The minimum absolute atomic E-state index is 0.0602. The Bertz CT molecular complexity index is 965. The first-order valence-electron chi connectivity index (χ1n) is 7.92. The highest BCUT2D eigenvalue weighted by atomic mass is 32.2. The van der Waals surface area contributed by atoms with E-state index in [1.807, 2.05) is 31.2 Å². The van der Waals surface area contributed by atoms with E-state index in [-0.39, 0.29) is 5.75 Å². The Kier molecular flexibility index (Phi) is 5.17. The number of aryl methyl sites for hydroxylation is 3. The van der Waals surface area contributed by atoms with Crippen LogP contribution in [0.2, 0.25) is 0 Å². The number of carbonyl (C=O) groups is 2. The van der Waals surface area contributed by atoms with Gasteiger partial charge >= 0.3 is 6.03 Å². The minimum atomic E-state index is -0.593. The number of benzene rings is 1. The first kappa shape index (κ1) is 17.9. The Hall–Kier alpha value is -2.94. The number of nitrogens with zero attached hydrogens (tertiary/aromatic N) is 3. The zero-order valence-electron chi connectivity index (χ0n) is 14.6. The van der Waals surface area contributed by atoms with Crippen LogP contribution in [0.3, 0.4) is 0 Å². The van der Waals surface area contributed by atoms with Crippen molar-refractivity contribution < 1.29 is 9.59 Å². The highest BCUT2D eigenvalue weighted by Gasteiger charge is 2.14. The van der Waals surface area contributed by atoms with E-state index < -0.39 is 11.9 Å². The molecule has 3 rings (SSSR count). The van der Waals surface area contributed by atoms with Gasteiger partial charge in [-0.3, -0.25) is 15.2 Å². The number of imide groups is 1. The second-order valence-electron chi connectivity index (χ2n) is 5.70. The van der Waals surface area contributed by atoms with Crippen LogP contribution < -0.4 is 10.6 Å². The number of anilines is 1. The summed E-state index contributed by atoms with van der Waals surface area (Å²) >= 11 is 1.24. The molecule has 0 saturated heterocycles. The molecule has 3 N–H and O–H groups in total. The van der Waals surface area contributed by atoms with Crippen molar-refractivity contribution >= 4 is 40.4 Å². The Morgan fingerprint density at radius 3 is 2.42 bits per heavy atom. The number of H-pyrrole nitrogens is 1. The smallest absolute Gasteiger partial charge is 0.304 e. The summed E-state index contributed by atoms with van der Waals surface area (Å²) in [5.74, 6) is -0.356. The molecule has 0 atom stereocenters. The molecule has 2 heterocycles. The lowest BCUT2D eigenvalue weighted by atomic mass is 10.3. The van der Waals surface area contributed by atoms with E-state index >= 15 is 0 Å². The first-order chi connectivity index (χ1) is 12.4. The highest BCUT2D eigenvalue weighted by Crippen LogP contribution is 2.21. The molecule has 0 spiro atoms. The molecule has 26 heavy (non-hydrogen) atoms.